The summed E-state index contributed by atoms with van der Waals surface area (Å²) in [5.41, 5.74) is 2.89. The fourth-order valence-electron chi connectivity index (χ4n) is 4.28. The molecule has 1 amide bonds. The topological polar surface area (TPSA) is 102 Å². The van der Waals surface area contributed by atoms with E-state index in [1.807, 2.05) is 63.6 Å². The van der Waals surface area contributed by atoms with Crippen LogP contribution in [0.15, 0.2) is 28.7 Å². The molecule has 10 nitrogen and oxygen atoms in total. The van der Waals surface area contributed by atoms with Gasteiger partial charge >= 0.3 is 18.0 Å². The van der Waals surface area contributed by atoms with Crippen LogP contribution in [0.4, 0.5) is 16.3 Å². The minimum atomic E-state index is -0.566. The number of aromatic nitrogens is 1. The van der Waals surface area contributed by atoms with Gasteiger partial charge in [0.1, 0.15) is 11.4 Å². The van der Waals surface area contributed by atoms with Crippen molar-refractivity contribution >= 4 is 45.5 Å². The maximum Gasteiger partial charge on any atom is 0.410 e. The van der Waals surface area contributed by atoms with Crippen LogP contribution in [0.25, 0.3) is 0 Å². The molecule has 0 radical (unpaired) electrons. The second kappa shape index (κ2) is 13.5. The average Bonchev–Trinajstić information content (AvgIpc) is 2.92. The zero-order valence-corrected chi connectivity index (χ0v) is 26.8. The molecule has 1 aliphatic heterocycles. The third kappa shape index (κ3) is 8.58. The summed E-state index contributed by atoms with van der Waals surface area (Å²) in [5.74, 6) is -0.0698. The number of benzene rings is 1. The summed E-state index contributed by atoms with van der Waals surface area (Å²) in [5, 5.41) is 0. The summed E-state index contributed by atoms with van der Waals surface area (Å²) in [7, 11) is 4.99. The Labute approximate surface area is 251 Å². The molecular weight excluding hydrogens is 592 g/mol. The van der Waals surface area contributed by atoms with E-state index in [2.05, 4.69) is 27.0 Å². The molecule has 41 heavy (non-hydrogen) atoms. The van der Waals surface area contributed by atoms with E-state index < -0.39 is 17.5 Å². The van der Waals surface area contributed by atoms with Gasteiger partial charge in [-0.3, -0.25) is 0 Å². The van der Waals surface area contributed by atoms with Crippen molar-refractivity contribution < 1.29 is 28.6 Å². The molecule has 0 bridgehead atoms. The van der Waals surface area contributed by atoms with Crippen molar-refractivity contribution in [2.24, 2.45) is 5.92 Å². The van der Waals surface area contributed by atoms with Gasteiger partial charge in [-0.2, -0.15) is 0 Å². The summed E-state index contributed by atoms with van der Waals surface area (Å²) in [6, 6.07) is 7.54. The lowest BCUT2D eigenvalue weighted by Crippen LogP contribution is -2.38. The molecule has 0 fully saturated rings. The number of halogens is 1. The minimum absolute atomic E-state index is 0.214. The highest BCUT2D eigenvalue weighted by molar-refractivity contribution is 9.10. The maximum absolute atomic E-state index is 12.9. The Bertz CT molecular complexity index is 1280. The highest BCUT2D eigenvalue weighted by Gasteiger charge is 2.27. The van der Waals surface area contributed by atoms with E-state index in [1.165, 1.54) is 12.0 Å². The maximum atomic E-state index is 12.9. The monoisotopic (exact) mass is 632 g/mol. The smallest absolute Gasteiger partial charge is 0.410 e. The van der Waals surface area contributed by atoms with Crippen molar-refractivity contribution in [3.63, 3.8) is 0 Å². The van der Waals surface area contributed by atoms with Crippen LogP contribution >= 0.6 is 15.9 Å². The molecule has 0 atom stereocenters. The Morgan fingerprint density at radius 3 is 2.44 bits per heavy atom. The Morgan fingerprint density at radius 2 is 1.80 bits per heavy atom. The number of ether oxygens (including phenoxy) is 3. The molecule has 0 spiro atoms. The van der Waals surface area contributed by atoms with E-state index >= 15 is 0 Å². The lowest BCUT2D eigenvalue weighted by molar-refractivity contribution is 0.0303. The molecule has 0 unspecified atom stereocenters. The van der Waals surface area contributed by atoms with Gasteiger partial charge in [0.15, 0.2) is 5.69 Å². The number of nitrogens with zero attached hydrogens (tertiary/aromatic N) is 4. The SMILES string of the molecule is COC(=O)c1cc(N(C)CCN(C)C(=O)OC(C)(C)C)cc2c1CN(c1ccc(Br)c(C(=O)OCC(C)C)n1)CC2. The molecule has 0 aliphatic carbocycles. The number of pyridine rings is 1. The number of likely N-dealkylation sites (N-methyl/N-ethyl adjacent to an activating group) is 2. The number of hydrogen-bond donors (Lipinski definition) is 0. The van der Waals surface area contributed by atoms with Gasteiger partial charge in [-0.05, 0) is 84.4 Å². The van der Waals surface area contributed by atoms with Crippen LogP contribution in [-0.4, -0.2) is 81.0 Å². The summed E-state index contributed by atoms with van der Waals surface area (Å²) in [6.07, 6.45) is 0.286. The molecule has 1 aromatic carbocycles. The number of anilines is 2. The van der Waals surface area contributed by atoms with Crippen molar-refractivity contribution in [3.05, 3.63) is 51.1 Å². The number of esters is 2. The average molecular weight is 634 g/mol. The second-order valence-electron chi connectivity index (χ2n) is 11.6. The van der Waals surface area contributed by atoms with Crippen molar-refractivity contribution in [1.82, 2.24) is 9.88 Å². The number of carbonyl (C=O) groups is 3. The molecule has 224 valence electrons. The second-order valence-corrected chi connectivity index (χ2v) is 12.5. The van der Waals surface area contributed by atoms with Gasteiger partial charge in [-0.25, -0.2) is 19.4 Å². The molecule has 0 N–H and O–H groups in total. The van der Waals surface area contributed by atoms with Gasteiger partial charge < -0.3 is 28.9 Å². The fraction of sp³-hybridized carbons (Fsp3) is 0.533. The van der Waals surface area contributed by atoms with Crippen LogP contribution in [0.5, 0.6) is 0 Å². The quantitative estimate of drug-likeness (QED) is 0.269. The molecule has 2 heterocycles. The lowest BCUT2D eigenvalue weighted by Gasteiger charge is -2.33. The van der Waals surface area contributed by atoms with E-state index in [0.717, 1.165) is 16.8 Å². The van der Waals surface area contributed by atoms with Crippen molar-refractivity contribution in [1.29, 1.82) is 0 Å². The minimum Gasteiger partial charge on any atom is -0.465 e. The van der Waals surface area contributed by atoms with E-state index in [-0.39, 0.29) is 17.7 Å². The van der Waals surface area contributed by atoms with Crippen molar-refractivity contribution in [2.75, 3.05) is 57.2 Å². The van der Waals surface area contributed by atoms with Gasteiger partial charge in [-0.15, -0.1) is 0 Å². The summed E-state index contributed by atoms with van der Waals surface area (Å²) in [6.45, 7) is 11.8. The van der Waals surface area contributed by atoms with Crippen molar-refractivity contribution in [3.8, 4) is 0 Å². The number of amides is 1. The third-order valence-electron chi connectivity index (χ3n) is 6.55. The van der Waals surface area contributed by atoms with Crippen LogP contribution < -0.4 is 9.80 Å². The first-order valence-electron chi connectivity index (χ1n) is 13.7. The number of fused-ring (bicyclic) bond motifs is 1. The molecule has 1 aromatic heterocycles. The van der Waals surface area contributed by atoms with Gasteiger partial charge in [-0.1, -0.05) is 13.8 Å². The van der Waals surface area contributed by atoms with Crippen molar-refractivity contribution in [2.45, 2.75) is 53.2 Å². The predicted molar refractivity (Wildman–Crippen MR) is 162 cm³/mol. The van der Waals surface area contributed by atoms with Gasteiger partial charge in [0.2, 0.25) is 0 Å². The first kappa shape index (κ1) is 32.2. The van der Waals surface area contributed by atoms with Crippen LogP contribution in [0.1, 0.15) is 66.6 Å². The largest absolute Gasteiger partial charge is 0.465 e. The first-order chi connectivity index (χ1) is 19.2. The van der Waals surface area contributed by atoms with Crippen LogP contribution in [-0.2, 0) is 27.2 Å². The van der Waals surface area contributed by atoms with E-state index in [1.54, 1.807) is 13.1 Å². The van der Waals surface area contributed by atoms with Gasteiger partial charge in [0.25, 0.3) is 0 Å². The van der Waals surface area contributed by atoms with Crippen LogP contribution in [0, 0.1) is 5.92 Å². The standard InChI is InChI=1S/C30H41BrN4O6/c1-19(2)18-40-28(37)26-24(31)9-10-25(32-26)35-12-11-20-15-21(16-22(23(20)17-35)27(36)39-8)33(6)13-14-34(7)29(38)41-30(3,4)5/h9-10,15-16,19H,11-14,17-18H2,1-8H3. The summed E-state index contributed by atoms with van der Waals surface area (Å²) >= 11 is 3.42. The highest BCUT2D eigenvalue weighted by Crippen LogP contribution is 2.31. The van der Waals surface area contributed by atoms with E-state index in [4.69, 9.17) is 14.2 Å². The zero-order valence-electron chi connectivity index (χ0n) is 25.2. The normalized spacial score (nSPS) is 13.0. The van der Waals surface area contributed by atoms with E-state index in [0.29, 0.717) is 55.1 Å². The Kier molecular flexibility index (Phi) is 10.6. The Morgan fingerprint density at radius 1 is 1.10 bits per heavy atom. The van der Waals surface area contributed by atoms with Gasteiger partial charge in [0, 0.05) is 46.0 Å². The fourth-order valence-corrected chi connectivity index (χ4v) is 4.66. The number of hydrogen-bond acceptors (Lipinski definition) is 9. The summed E-state index contributed by atoms with van der Waals surface area (Å²) in [4.78, 5) is 48.1. The van der Waals surface area contributed by atoms with Crippen LogP contribution in [0.2, 0.25) is 0 Å². The van der Waals surface area contributed by atoms with Gasteiger partial charge in [0.05, 0.1) is 23.8 Å². The molecule has 11 heteroatoms. The van der Waals surface area contributed by atoms with Crippen LogP contribution in [0.3, 0.4) is 0 Å². The Hall–Kier alpha value is -3.34. The predicted octanol–water partition coefficient (Wildman–Crippen LogP) is 5.31. The number of rotatable bonds is 9. The summed E-state index contributed by atoms with van der Waals surface area (Å²) < 4.78 is 16.5. The molecule has 1 aliphatic rings. The molecule has 0 saturated carbocycles. The lowest BCUT2D eigenvalue weighted by atomic mass is 9.93. The Balaban J connectivity index is 1.81. The number of carbonyl (C=O) groups excluding carboxylic acids is 3. The zero-order chi connectivity index (χ0) is 30.5. The number of methoxy groups -OCH3 is 1. The third-order valence-corrected chi connectivity index (χ3v) is 7.19. The molecule has 2 aromatic rings. The first-order valence-corrected chi connectivity index (χ1v) is 14.5. The highest BCUT2D eigenvalue weighted by atomic mass is 79.9. The molecular formula is C30H41BrN4O6. The van der Waals surface area contributed by atoms with E-state index in [9.17, 15) is 14.4 Å². The molecule has 0 saturated heterocycles. The molecule has 3 rings (SSSR count).